The van der Waals surface area contributed by atoms with Gasteiger partial charge in [-0.1, -0.05) is 17.7 Å². The van der Waals surface area contributed by atoms with E-state index in [2.05, 4.69) is 0 Å². The second kappa shape index (κ2) is 8.52. The maximum absolute atomic E-state index is 13.0. The van der Waals surface area contributed by atoms with Crippen molar-refractivity contribution in [3.63, 3.8) is 0 Å². The molecule has 0 saturated carbocycles. The van der Waals surface area contributed by atoms with Crippen molar-refractivity contribution in [1.82, 2.24) is 9.21 Å². The van der Waals surface area contributed by atoms with Crippen LogP contribution in [-0.4, -0.2) is 39.9 Å². The zero-order valence-corrected chi connectivity index (χ0v) is 17.2. The van der Waals surface area contributed by atoms with Crippen molar-refractivity contribution in [1.29, 1.82) is 0 Å². The summed E-state index contributed by atoms with van der Waals surface area (Å²) in [5.41, 5.74) is 1.99. The standard InChI is InChI=1S/C20H23ClN2O3S/c1-14(22(3)15(2)24)16-4-9-20-17(12-16)13-23(10-11-26-20)27(25)19-7-5-18(21)6-8-19/h4-9,12,14H,10-11,13H2,1-3H3/t14-,27?/m0/s1. The monoisotopic (exact) mass is 406 g/mol. The van der Waals surface area contributed by atoms with Gasteiger partial charge < -0.3 is 14.2 Å². The third-order valence-corrected chi connectivity index (χ3v) is 6.55. The molecular weight excluding hydrogens is 384 g/mol. The number of benzene rings is 2. The van der Waals surface area contributed by atoms with Gasteiger partial charge in [-0.2, -0.15) is 0 Å². The molecule has 1 amide bonds. The zero-order valence-electron chi connectivity index (χ0n) is 15.6. The average Bonchev–Trinajstić information content (AvgIpc) is 2.88. The fraction of sp³-hybridized carbons (Fsp3) is 0.350. The Morgan fingerprint density at radius 2 is 2.00 bits per heavy atom. The molecule has 0 bridgehead atoms. The SMILES string of the molecule is CC(=O)N(C)[C@@H](C)c1ccc2c(c1)CN([S+]([O-])c1ccc(Cl)cc1)CCO2. The molecular formula is C20H23ClN2O3S. The molecule has 0 radical (unpaired) electrons. The minimum atomic E-state index is -1.30. The Morgan fingerprint density at radius 3 is 2.67 bits per heavy atom. The quantitative estimate of drug-likeness (QED) is 0.725. The van der Waals surface area contributed by atoms with E-state index >= 15 is 0 Å². The van der Waals surface area contributed by atoms with Crippen LogP contribution in [0.2, 0.25) is 5.02 Å². The highest BCUT2D eigenvalue weighted by molar-refractivity contribution is 7.89. The predicted molar refractivity (Wildman–Crippen MR) is 107 cm³/mol. The van der Waals surface area contributed by atoms with E-state index in [9.17, 15) is 9.35 Å². The second-order valence-electron chi connectivity index (χ2n) is 6.59. The lowest BCUT2D eigenvalue weighted by Crippen LogP contribution is -2.32. The number of ether oxygens (including phenoxy) is 1. The van der Waals surface area contributed by atoms with Gasteiger partial charge in [-0.25, -0.2) is 0 Å². The third-order valence-electron chi connectivity index (χ3n) is 4.84. The molecule has 0 aromatic heterocycles. The molecule has 0 saturated heterocycles. The summed E-state index contributed by atoms with van der Waals surface area (Å²) in [6, 6.07) is 13.0. The number of amides is 1. The van der Waals surface area contributed by atoms with Crippen molar-refractivity contribution in [2.45, 2.75) is 31.3 Å². The van der Waals surface area contributed by atoms with E-state index in [0.29, 0.717) is 29.6 Å². The Hall–Kier alpha value is -1.73. The van der Waals surface area contributed by atoms with E-state index in [4.69, 9.17) is 16.3 Å². The van der Waals surface area contributed by atoms with E-state index in [0.717, 1.165) is 16.9 Å². The highest BCUT2D eigenvalue weighted by Gasteiger charge is 2.27. The van der Waals surface area contributed by atoms with Crippen molar-refractivity contribution >= 4 is 28.9 Å². The number of halogens is 1. The third kappa shape index (κ3) is 4.58. The molecule has 1 unspecified atom stereocenters. The largest absolute Gasteiger partial charge is 0.593 e. The summed E-state index contributed by atoms with van der Waals surface area (Å²) in [6.07, 6.45) is 0. The van der Waals surface area contributed by atoms with Crippen LogP contribution in [0.15, 0.2) is 47.4 Å². The smallest absolute Gasteiger partial charge is 0.219 e. The van der Waals surface area contributed by atoms with Crippen LogP contribution in [-0.2, 0) is 22.7 Å². The van der Waals surface area contributed by atoms with Gasteiger partial charge >= 0.3 is 0 Å². The highest BCUT2D eigenvalue weighted by atomic mass is 35.5. The van der Waals surface area contributed by atoms with Gasteiger partial charge in [0.2, 0.25) is 5.91 Å². The molecule has 0 N–H and O–H groups in total. The summed E-state index contributed by atoms with van der Waals surface area (Å²) >= 11 is 4.63. The van der Waals surface area contributed by atoms with E-state index < -0.39 is 11.4 Å². The highest BCUT2D eigenvalue weighted by Crippen LogP contribution is 2.30. The van der Waals surface area contributed by atoms with Gasteiger partial charge in [0.1, 0.15) is 12.4 Å². The number of rotatable bonds is 4. The number of nitrogens with zero attached hydrogens (tertiary/aromatic N) is 2. The number of carbonyl (C=O) groups is 1. The Labute approximate surface area is 168 Å². The molecule has 0 spiro atoms. The normalized spacial score (nSPS) is 16.6. The van der Waals surface area contributed by atoms with E-state index in [1.165, 1.54) is 0 Å². The predicted octanol–water partition coefficient (Wildman–Crippen LogP) is 3.80. The summed E-state index contributed by atoms with van der Waals surface area (Å²) in [5.74, 6) is 0.811. The Morgan fingerprint density at radius 1 is 1.30 bits per heavy atom. The van der Waals surface area contributed by atoms with Crippen LogP contribution in [0.1, 0.15) is 31.0 Å². The summed E-state index contributed by atoms with van der Waals surface area (Å²) in [7, 11) is 1.79. The van der Waals surface area contributed by atoms with Crippen LogP contribution in [0.5, 0.6) is 5.75 Å². The number of hydrogen-bond donors (Lipinski definition) is 0. The molecule has 144 valence electrons. The van der Waals surface area contributed by atoms with Gasteiger partial charge in [0.15, 0.2) is 4.90 Å². The minimum absolute atomic E-state index is 0.0131. The van der Waals surface area contributed by atoms with Crippen LogP contribution >= 0.6 is 11.6 Å². The van der Waals surface area contributed by atoms with Crippen molar-refractivity contribution in [2.24, 2.45) is 0 Å². The van der Waals surface area contributed by atoms with Crippen molar-refractivity contribution in [3.8, 4) is 5.75 Å². The van der Waals surface area contributed by atoms with Crippen molar-refractivity contribution in [3.05, 3.63) is 58.6 Å². The molecule has 27 heavy (non-hydrogen) atoms. The summed E-state index contributed by atoms with van der Waals surface area (Å²) < 4.78 is 20.7. The maximum Gasteiger partial charge on any atom is 0.219 e. The molecule has 1 heterocycles. The summed E-state index contributed by atoms with van der Waals surface area (Å²) in [5, 5.41) is 0.619. The van der Waals surface area contributed by atoms with Gasteiger partial charge in [0.05, 0.1) is 30.5 Å². The Kier molecular flexibility index (Phi) is 6.32. The molecule has 3 rings (SSSR count). The summed E-state index contributed by atoms with van der Waals surface area (Å²) in [4.78, 5) is 14.1. The Balaban J connectivity index is 1.84. The van der Waals surface area contributed by atoms with E-state index in [1.807, 2.05) is 29.4 Å². The summed E-state index contributed by atoms with van der Waals surface area (Å²) in [6.45, 7) is 5.08. The van der Waals surface area contributed by atoms with Gasteiger partial charge in [-0.15, -0.1) is 4.31 Å². The fourth-order valence-corrected chi connectivity index (χ4v) is 4.28. The van der Waals surface area contributed by atoms with Crippen LogP contribution < -0.4 is 4.74 Å². The molecule has 5 nitrogen and oxygen atoms in total. The van der Waals surface area contributed by atoms with E-state index in [-0.39, 0.29) is 11.9 Å². The molecule has 1 aliphatic heterocycles. The van der Waals surface area contributed by atoms with Crippen LogP contribution in [0.3, 0.4) is 0 Å². The fourth-order valence-electron chi connectivity index (χ4n) is 2.99. The van der Waals surface area contributed by atoms with Crippen molar-refractivity contribution < 1.29 is 14.1 Å². The van der Waals surface area contributed by atoms with E-state index in [1.54, 1.807) is 43.1 Å². The number of hydrogen-bond acceptors (Lipinski definition) is 4. The Bertz CT molecular complexity index is 815. The molecule has 0 fully saturated rings. The molecule has 2 atom stereocenters. The number of carbonyl (C=O) groups excluding carboxylic acids is 1. The first-order valence-corrected chi connectivity index (χ1v) is 10.3. The molecule has 0 aliphatic carbocycles. The first-order chi connectivity index (χ1) is 12.9. The lowest BCUT2D eigenvalue weighted by atomic mass is 10.0. The molecule has 2 aromatic carbocycles. The first kappa shape index (κ1) is 20.0. The lowest BCUT2D eigenvalue weighted by Gasteiger charge is -2.25. The van der Waals surface area contributed by atoms with Crippen LogP contribution in [0, 0.1) is 0 Å². The second-order valence-corrected chi connectivity index (χ2v) is 8.51. The number of fused-ring (bicyclic) bond motifs is 1. The van der Waals surface area contributed by atoms with Gasteiger partial charge in [0.25, 0.3) is 0 Å². The van der Waals surface area contributed by atoms with Crippen LogP contribution in [0.4, 0.5) is 0 Å². The van der Waals surface area contributed by atoms with Gasteiger partial charge in [-0.05, 0) is 48.9 Å². The lowest BCUT2D eigenvalue weighted by molar-refractivity contribution is -0.129. The van der Waals surface area contributed by atoms with Crippen LogP contribution in [0.25, 0.3) is 0 Å². The van der Waals surface area contributed by atoms with Gasteiger partial charge in [-0.3, -0.25) is 4.79 Å². The van der Waals surface area contributed by atoms with Gasteiger partial charge in [0, 0.05) is 24.6 Å². The maximum atomic E-state index is 13.0. The molecule has 7 heteroatoms. The molecule has 1 aliphatic rings. The zero-order chi connectivity index (χ0) is 19.6. The minimum Gasteiger partial charge on any atom is -0.593 e. The topological polar surface area (TPSA) is 55.8 Å². The van der Waals surface area contributed by atoms with Crippen molar-refractivity contribution in [2.75, 3.05) is 20.2 Å². The molecule has 2 aromatic rings. The first-order valence-electron chi connectivity index (χ1n) is 8.78. The average molecular weight is 407 g/mol.